The molecule has 0 aliphatic heterocycles. The van der Waals surface area contributed by atoms with Crippen molar-refractivity contribution in [2.75, 3.05) is 13.1 Å². The maximum absolute atomic E-state index is 12.1. The van der Waals surface area contributed by atoms with Crippen LogP contribution in [-0.2, 0) is 11.2 Å². The number of carbonyl (C=O) groups excluding carboxylic acids is 1. The van der Waals surface area contributed by atoms with Crippen molar-refractivity contribution in [1.29, 1.82) is 0 Å². The lowest BCUT2D eigenvalue weighted by Gasteiger charge is -2.21. The van der Waals surface area contributed by atoms with Gasteiger partial charge in [-0.3, -0.25) is 4.79 Å². The second kappa shape index (κ2) is 7.38. The molecule has 0 aliphatic rings. The van der Waals surface area contributed by atoms with Crippen molar-refractivity contribution >= 4 is 18.5 Å². The van der Waals surface area contributed by atoms with E-state index >= 15 is 0 Å². The Morgan fingerprint density at radius 3 is 2.12 bits per heavy atom. The van der Waals surface area contributed by atoms with Gasteiger partial charge < -0.3 is 4.90 Å². The van der Waals surface area contributed by atoms with E-state index in [-0.39, 0.29) is 5.91 Å². The van der Waals surface area contributed by atoms with E-state index in [1.807, 2.05) is 29.2 Å². The van der Waals surface area contributed by atoms with Crippen LogP contribution in [0.3, 0.4) is 0 Å². The SMILES string of the molecule is CCCN(CCC)C(=O)Cc1ccc(S)cc1. The Morgan fingerprint density at radius 2 is 1.65 bits per heavy atom. The van der Waals surface area contributed by atoms with Crippen LogP contribution >= 0.6 is 12.6 Å². The maximum Gasteiger partial charge on any atom is 0.226 e. The molecule has 1 amide bonds. The Hall–Kier alpha value is -0.960. The normalized spacial score (nSPS) is 10.3. The van der Waals surface area contributed by atoms with E-state index in [0.717, 1.165) is 36.4 Å². The first-order chi connectivity index (χ1) is 8.17. The van der Waals surface area contributed by atoms with Crippen molar-refractivity contribution in [3.63, 3.8) is 0 Å². The molecular weight excluding hydrogens is 230 g/mol. The highest BCUT2D eigenvalue weighted by Crippen LogP contribution is 2.09. The van der Waals surface area contributed by atoms with Crippen LogP contribution in [-0.4, -0.2) is 23.9 Å². The molecule has 0 saturated carbocycles. The molecule has 1 aromatic rings. The Labute approximate surface area is 109 Å². The van der Waals surface area contributed by atoms with Crippen LogP contribution in [0.15, 0.2) is 29.2 Å². The summed E-state index contributed by atoms with van der Waals surface area (Å²) in [6.45, 7) is 5.92. The number of carbonyl (C=O) groups is 1. The molecule has 0 N–H and O–H groups in total. The monoisotopic (exact) mass is 251 g/mol. The standard InChI is InChI=1S/C14H21NOS/c1-3-9-15(10-4-2)14(16)11-12-5-7-13(17)8-6-12/h5-8,17H,3-4,9-11H2,1-2H3. The first-order valence-electron chi connectivity index (χ1n) is 6.23. The summed E-state index contributed by atoms with van der Waals surface area (Å²) in [6, 6.07) is 7.79. The average Bonchev–Trinajstić information content (AvgIpc) is 2.32. The van der Waals surface area contributed by atoms with Gasteiger partial charge in [0.1, 0.15) is 0 Å². The largest absolute Gasteiger partial charge is 0.342 e. The molecule has 0 aromatic heterocycles. The first kappa shape index (κ1) is 14.1. The smallest absolute Gasteiger partial charge is 0.226 e. The fourth-order valence-corrected chi connectivity index (χ4v) is 1.95. The summed E-state index contributed by atoms with van der Waals surface area (Å²) < 4.78 is 0. The maximum atomic E-state index is 12.1. The minimum absolute atomic E-state index is 0.223. The molecule has 0 saturated heterocycles. The zero-order valence-corrected chi connectivity index (χ0v) is 11.5. The predicted octanol–water partition coefficient (Wildman–Crippen LogP) is 3.17. The highest BCUT2D eigenvalue weighted by Gasteiger charge is 2.11. The van der Waals surface area contributed by atoms with Crippen LogP contribution in [0.5, 0.6) is 0 Å². The number of thiol groups is 1. The summed E-state index contributed by atoms with van der Waals surface area (Å²) in [5, 5.41) is 0. The fourth-order valence-electron chi connectivity index (χ4n) is 1.80. The van der Waals surface area contributed by atoms with Crippen molar-refractivity contribution in [1.82, 2.24) is 4.90 Å². The van der Waals surface area contributed by atoms with Crippen molar-refractivity contribution in [2.45, 2.75) is 38.0 Å². The third-order valence-corrected chi connectivity index (χ3v) is 2.93. The van der Waals surface area contributed by atoms with Crippen LogP contribution in [0.1, 0.15) is 32.3 Å². The van der Waals surface area contributed by atoms with Crippen LogP contribution in [0, 0.1) is 0 Å². The molecule has 3 heteroatoms. The number of rotatable bonds is 6. The highest BCUT2D eigenvalue weighted by atomic mass is 32.1. The van der Waals surface area contributed by atoms with Gasteiger partial charge in [0.25, 0.3) is 0 Å². The Bertz CT molecular complexity index is 342. The number of hydrogen-bond acceptors (Lipinski definition) is 2. The van der Waals surface area contributed by atoms with E-state index in [9.17, 15) is 4.79 Å². The van der Waals surface area contributed by atoms with E-state index in [1.165, 1.54) is 0 Å². The summed E-state index contributed by atoms with van der Waals surface area (Å²) in [6.07, 6.45) is 2.52. The molecule has 0 unspecified atom stereocenters. The number of benzene rings is 1. The summed E-state index contributed by atoms with van der Waals surface area (Å²) in [5.74, 6) is 0.223. The number of hydrogen-bond donors (Lipinski definition) is 1. The van der Waals surface area contributed by atoms with Gasteiger partial charge in [-0.25, -0.2) is 0 Å². The van der Waals surface area contributed by atoms with E-state index in [4.69, 9.17) is 0 Å². The molecular formula is C14H21NOS. The van der Waals surface area contributed by atoms with Gasteiger partial charge in [-0.15, -0.1) is 12.6 Å². The molecule has 1 aromatic carbocycles. The van der Waals surface area contributed by atoms with Gasteiger partial charge in [0.05, 0.1) is 6.42 Å². The van der Waals surface area contributed by atoms with Gasteiger partial charge in [-0.1, -0.05) is 26.0 Å². The van der Waals surface area contributed by atoms with Crippen molar-refractivity contribution in [2.24, 2.45) is 0 Å². The topological polar surface area (TPSA) is 20.3 Å². The molecule has 0 aliphatic carbocycles. The lowest BCUT2D eigenvalue weighted by atomic mass is 10.1. The Balaban J connectivity index is 2.59. The molecule has 0 fully saturated rings. The molecule has 0 bridgehead atoms. The molecule has 1 rings (SSSR count). The molecule has 0 atom stereocenters. The van der Waals surface area contributed by atoms with Gasteiger partial charge in [0.15, 0.2) is 0 Å². The molecule has 94 valence electrons. The number of nitrogens with zero attached hydrogens (tertiary/aromatic N) is 1. The summed E-state index contributed by atoms with van der Waals surface area (Å²) >= 11 is 4.23. The van der Waals surface area contributed by atoms with Gasteiger partial charge >= 0.3 is 0 Å². The first-order valence-corrected chi connectivity index (χ1v) is 6.67. The third-order valence-electron chi connectivity index (χ3n) is 2.63. The van der Waals surface area contributed by atoms with Crippen molar-refractivity contribution in [3.05, 3.63) is 29.8 Å². The van der Waals surface area contributed by atoms with Crippen molar-refractivity contribution < 1.29 is 4.79 Å². The second-order valence-electron chi connectivity index (χ2n) is 4.22. The van der Waals surface area contributed by atoms with Gasteiger partial charge in [0.2, 0.25) is 5.91 Å². The predicted molar refractivity (Wildman–Crippen MR) is 74.6 cm³/mol. The van der Waals surface area contributed by atoms with Crippen LogP contribution < -0.4 is 0 Å². The minimum atomic E-state index is 0.223. The van der Waals surface area contributed by atoms with E-state index in [2.05, 4.69) is 26.5 Å². The number of amides is 1. The Morgan fingerprint density at radius 1 is 1.12 bits per heavy atom. The molecule has 17 heavy (non-hydrogen) atoms. The zero-order chi connectivity index (χ0) is 12.7. The van der Waals surface area contributed by atoms with E-state index in [1.54, 1.807) is 0 Å². The highest BCUT2D eigenvalue weighted by molar-refractivity contribution is 7.80. The average molecular weight is 251 g/mol. The van der Waals surface area contributed by atoms with Crippen molar-refractivity contribution in [3.8, 4) is 0 Å². The van der Waals surface area contributed by atoms with Gasteiger partial charge in [0, 0.05) is 18.0 Å². The molecule has 0 spiro atoms. The molecule has 2 nitrogen and oxygen atoms in total. The second-order valence-corrected chi connectivity index (χ2v) is 4.74. The van der Waals surface area contributed by atoms with Crippen LogP contribution in [0.2, 0.25) is 0 Å². The van der Waals surface area contributed by atoms with Gasteiger partial charge in [-0.2, -0.15) is 0 Å². The minimum Gasteiger partial charge on any atom is -0.342 e. The van der Waals surface area contributed by atoms with E-state index in [0.29, 0.717) is 6.42 Å². The van der Waals surface area contributed by atoms with Crippen LogP contribution in [0.4, 0.5) is 0 Å². The fraction of sp³-hybridized carbons (Fsp3) is 0.500. The molecule has 0 heterocycles. The summed E-state index contributed by atoms with van der Waals surface area (Å²) in [4.78, 5) is 15.0. The van der Waals surface area contributed by atoms with E-state index < -0.39 is 0 Å². The quantitative estimate of drug-likeness (QED) is 0.770. The lowest BCUT2D eigenvalue weighted by molar-refractivity contribution is -0.130. The third kappa shape index (κ3) is 4.82. The Kier molecular flexibility index (Phi) is 6.12. The lowest BCUT2D eigenvalue weighted by Crippen LogP contribution is -2.33. The van der Waals surface area contributed by atoms with Gasteiger partial charge in [-0.05, 0) is 30.5 Å². The molecule has 0 radical (unpaired) electrons. The summed E-state index contributed by atoms with van der Waals surface area (Å²) in [5.41, 5.74) is 1.06. The summed E-state index contributed by atoms with van der Waals surface area (Å²) in [7, 11) is 0. The zero-order valence-electron chi connectivity index (χ0n) is 10.6. The van der Waals surface area contributed by atoms with Crippen LogP contribution in [0.25, 0.3) is 0 Å².